The number of amides is 1. The van der Waals surface area contributed by atoms with E-state index in [2.05, 4.69) is 26.0 Å². The molecule has 1 aromatic carbocycles. The van der Waals surface area contributed by atoms with Gasteiger partial charge in [-0.3, -0.25) is 4.79 Å². The van der Waals surface area contributed by atoms with Gasteiger partial charge in [0.1, 0.15) is 5.75 Å². The smallest absolute Gasteiger partial charge is 0.387 e. The molecule has 0 spiro atoms. The van der Waals surface area contributed by atoms with Gasteiger partial charge in [0, 0.05) is 6.54 Å². The lowest BCUT2D eigenvalue weighted by Gasteiger charge is -2.14. The summed E-state index contributed by atoms with van der Waals surface area (Å²) in [7, 11) is 0. The molecule has 1 N–H and O–H groups in total. The molecule has 0 aromatic heterocycles. The van der Waals surface area contributed by atoms with E-state index in [4.69, 9.17) is 0 Å². The second-order valence-electron chi connectivity index (χ2n) is 4.39. The van der Waals surface area contributed by atoms with Gasteiger partial charge < -0.3 is 10.1 Å². The summed E-state index contributed by atoms with van der Waals surface area (Å²) in [6, 6.07) is 6.16. The largest absolute Gasteiger partial charge is 0.435 e. The summed E-state index contributed by atoms with van der Waals surface area (Å²) in [6.07, 6.45) is 0. The number of hydrogen-bond acceptors (Lipinski definition) is 2. The van der Waals surface area contributed by atoms with Crippen molar-refractivity contribution >= 4 is 21.8 Å². The first kappa shape index (κ1) is 15.9. The third kappa shape index (κ3) is 5.55. The Morgan fingerprint density at radius 3 is 2.37 bits per heavy atom. The van der Waals surface area contributed by atoms with Crippen LogP contribution >= 0.6 is 15.9 Å². The van der Waals surface area contributed by atoms with Crippen LogP contribution in [-0.2, 0) is 11.3 Å². The van der Waals surface area contributed by atoms with Crippen LogP contribution in [0.4, 0.5) is 8.78 Å². The van der Waals surface area contributed by atoms with Gasteiger partial charge in [-0.1, -0.05) is 41.9 Å². The predicted octanol–water partition coefficient (Wildman–Crippen LogP) is 3.32. The molecule has 0 fully saturated rings. The average Bonchev–Trinajstić information content (AvgIpc) is 2.35. The number of carbonyl (C=O) groups is 1. The summed E-state index contributed by atoms with van der Waals surface area (Å²) in [5.74, 6) is 0.204. The number of alkyl halides is 3. The number of nitrogens with one attached hydrogen (secondary N) is 1. The quantitative estimate of drug-likeness (QED) is 0.810. The summed E-state index contributed by atoms with van der Waals surface area (Å²) in [5.41, 5.74) is 0.818. The van der Waals surface area contributed by atoms with Gasteiger partial charge >= 0.3 is 6.61 Å². The minimum atomic E-state index is -2.83. The molecule has 1 aromatic rings. The first-order valence-electron chi connectivity index (χ1n) is 5.85. The van der Waals surface area contributed by atoms with Crippen LogP contribution in [0.3, 0.4) is 0 Å². The molecule has 1 atom stereocenters. The topological polar surface area (TPSA) is 38.3 Å². The van der Waals surface area contributed by atoms with E-state index >= 15 is 0 Å². The van der Waals surface area contributed by atoms with Crippen molar-refractivity contribution in [1.82, 2.24) is 5.32 Å². The van der Waals surface area contributed by atoms with Gasteiger partial charge in [0.05, 0.1) is 4.83 Å². The van der Waals surface area contributed by atoms with E-state index in [0.717, 1.165) is 5.56 Å². The van der Waals surface area contributed by atoms with Crippen molar-refractivity contribution in [2.24, 2.45) is 5.92 Å². The fourth-order valence-corrected chi connectivity index (χ4v) is 1.54. The Morgan fingerprint density at radius 2 is 1.89 bits per heavy atom. The van der Waals surface area contributed by atoms with Gasteiger partial charge in [-0.15, -0.1) is 0 Å². The summed E-state index contributed by atoms with van der Waals surface area (Å²) in [6.45, 7) is 1.40. The average molecular weight is 336 g/mol. The van der Waals surface area contributed by atoms with Crippen LogP contribution < -0.4 is 10.1 Å². The highest BCUT2D eigenvalue weighted by atomic mass is 79.9. The maximum Gasteiger partial charge on any atom is 0.387 e. The number of rotatable bonds is 6. The van der Waals surface area contributed by atoms with Gasteiger partial charge in [-0.2, -0.15) is 8.78 Å². The molecule has 6 heteroatoms. The molecule has 3 nitrogen and oxygen atoms in total. The minimum Gasteiger partial charge on any atom is -0.435 e. The molecule has 0 aliphatic carbocycles. The van der Waals surface area contributed by atoms with Gasteiger partial charge in [0.2, 0.25) is 5.91 Å². The molecule has 106 valence electrons. The molecule has 1 amide bonds. The van der Waals surface area contributed by atoms with Crippen LogP contribution in [0.5, 0.6) is 5.75 Å². The standard InChI is InChI=1S/C13H16BrF2NO2/c1-8(2)11(14)12(18)17-7-9-3-5-10(6-4-9)19-13(15)16/h3-6,8,11,13H,7H2,1-2H3,(H,17,18). The summed E-state index contributed by atoms with van der Waals surface area (Å²) in [4.78, 5) is 11.4. The Hall–Kier alpha value is -1.17. The summed E-state index contributed by atoms with van der Waals surface area (Å²) in [5, 5.41) is 2.77. The number of benzene rings is 1. The molecule has 0 aliphatic rings. The third-order valence-corrected chi connectivity index (χ3v) is 3.92. The van der Waals surface area contributed by atoms with Crippen molar-refractivity contribution in [3.63, 3.8) is 0 Å². The first-order valence-corrected chi connectivity index (χ1v) is 6.77. The van der Waals surface area contributed by atoms with E-state index < -0.39 is 6.61 Å². The van der Waals surface area contributed by atoms with Crippen molar-refractivity contribution in [2.75, 3.05) is 0 Å². The maximum atomic E-state index is 12.0. The lowest BCUT2D eigenvalue weighted by Crippen LogP contribution is -2.33. The van der Waals surface area contributed by atoms with Crippen molar-refractivity contribution in [3.8, 4) is 5.75 Å². The lowest BCUT2D eigenvalue weighted by atomic mass is 10.1. The van der Waals surface area contributed by atoms with E-state index in [1.54, 1.807) is 12.1 Å². The SMILES string of the molecule is CC(C)C(Br)C(=O)NCc1ccc(OC(F)F)cc1. The van der Waals surface area contributed by atoms with Gasteiger partial charge in [-0.05, 0) is 23.6 Å². The fourth-order valence-electron chi connectivity index (χ4n) is 1.38. The van der Waals surface area contributed by atoms with Crippen molar-refractivity contribution in [2.45, 2.75) is 31.8 Å². The molecule has 19 heavy (non-hydrogen) atoms. The molecule has 0 bridgehead atoms. The van der Waals surface area contributed by atoms with E-state index in [9.17, 15) is 13.6 Å². The molecule has 0 saturated heterocycles. The molecular formula is C13H16BrF2NO2. The number of halogens is 3. The fraction of sp³-hybridized carbons (Fsp3) is 0.462. The zero-order valence-corrected chi connectivity index (χ0v) is 12.3. The highest BCUT2D eigenvalue weighted by Gasteiger charge is 2.17. The predicted molar refractivity (Wildman–Crippen MR) is 72.5 cm³/mol. The maximum absolute atomic E-state index is 12.0. The molecule has 0 aliphatic heterocycles. The summed E-state index contributed by atoms with van der Waals surface area (Å²) < 4.78 is 28.1. The van der Waals surface area contributed by atoms with Crippen LogP contribution in [0.1, 0.15) is 19.4 Å². The molecule has 0 saturated carbocycles. The second-order valence-corrected chi connectivity index (χ2v) is 5.37. The normalized spacial score (nSPS) is 12.6. The Labute approximate surface area is 119 Å². The van der Waals surface area contributed by atoms with Gasteiger partial charge in [0.15, 0.2) is 0 Å². The van der Waals surface area contributed by atoms with Crippen LogP contribution in [0.15, 0.2) is 24.3 Å². The number of hydrogen-bond donors (Lipinski definition) is 1. The van der Waals surface area contributed by atoms with Gasteiger partial charge in [-0.25, -0.2) is 0 Å². The van der Waals surface area contributed by atoms with E-state index in [0.29, 0.717) is 6.54 Å². The highest BCUT2D eigenvalue weighted by molar-refractivity contribution is 9.10. The zero-order valence-electron chi connectivity index (χ0n) is 10.7. The van der Waals surface area contributed by atoms with E-state index in [-0.39, 0.29) is 22.4 Å². The monoisotopic (exact) mass is 335 g/mol. The second kappa shape index (κ2) is 7.43. The van der Waals surface area contributed by atoms with Crippen LogP contribution in [0.25, 0.3) is 0 Å². The first-order chi connectivity index (χ1) is 8.90. The molecule has 0 radical (unpaired) electrons. The van der Waals surface area contributed by atoms with Crippen LogP contribution in [0.2, 0.25) is 0 Å². The lowest BCUT2D eigenvalue weighted by molar-refractivity contribution is -0.121. The number of carbonyl (C=O) groups excluding carboxylic acids is 1. The third-order valence-electron chi connectivity index (χ3n) is 2.45. The number of ether oxygens (including phenoxy) is 1. The van der Waals surface area contributed by atoms with Crippen LogP contribution in [-0.4, -0.2) is 17.3 Å². The highest BCUT2D eigenvalue weighted by Crippen LogP contribution is 2.15. The van der Waals surface area contributed by atoms with Crippen molar-refractivity contribution < 1.29 is 18.3 Å². The Morgan fingerprint density at radius 1 is 1.32 bits per heavy atom. The van der Waals surface area contributed by atoms with Crippen LogP contribution in [0, 0.1) is 5.92 Å². The Bertz CT molecular complexity index is 410. The Balaban J connectivity index is 2.48. The van der Waals surface area contributed by atoms with Gasteiger partial charge in [0.25, 0.3) is 0 Å². The molecular weight excluding hydrogens is 320 g/mol. The minimum absolute atomic E-state index is 0.0945. The summed E-state index contributed by atoms with van der Waals surface area (Å²) >= 11 is 3.30. The van der Waals surface area contributed by atoms with Crippen molar-refractivity contribution in [3.05, 3.63) is 29.8 Å². The molecule has 0 heterocycles. The zero-order chi connectivity index (χ0) is 14.4. The Kier molecular flexibility index (Phi) is 6.21. The van der Waals surface area contributed by atoms with E-state index in [1.807, 2.05) is 13.8 Å². The van der Waals surface area contributed by atoms with E-state index in [1.165, 1.54) is 12.1 Å². The molecule has 1 unspecified atom stereocenters. The molecule has 1 rings (SSSR count). The van der Waals surface area contributed by atoms with Crippen molar-refractivity contribution in [1.29, 1.82) is 0 Å².